The lowest BCUT2D eigenvalue weighted by Crippen LogP contribution is -2.20. The molecule has 0 heterocycles. The maximum absolute atomic E-state index is 10.9. The first kappa shape index (κ1) is 17.1. The summed E-state index contributed by atoms with van der Waals surface area (Å²) in [5.74, 6) is -0.102. The quantitative estimate of drug-likeness (QED) is 0.617. The van der Waals surface area contributed by atoms with Crippen molar-refractivity contribution in [3.63, 3.8) is 0 Å². The molecule has 1 amide bonds. The molecule has 4 nitrogen and oxygen atoms in total. The number of hydrogen-bond acceptors (Lipinski definition) is 3. The van der Waals surface area contributed by atoms with Crippen molar-refractivity contribution in [3.05, 3.63) is 63.1 Å². The Kier molecular flexibility index (Phi) is 5.80. The van der Waals surface area contributed by atoms with Gasteiger partial charge in [0.05, 0.1) is 11.6 Å². The van der Waals surface area contributed by atoms with Crippen LogP contribution in [0.25, 0.3) is 11.6 Å². The van der Waals surface area contributed by atoms with Crippen molar-refractivity contribution in [2.45, 2.75) is 0 Å². The van der Waals surface area contributed by atoms with Gasteiger partial charge in [-0.3, -0.25) is 4.79 Å². The van der Waals surface area contributed by atoms with Crippen LogP contribution < -0.4 is 10.5 Å². The largest absolute Gasteiger partial charge is 0.483 e. The Bertz CT molecular complexity index is 795. The summed E-state index contributed by atoms with van der Waals surface area (Å²) in [6, 6.07) is 14.4. The second-order valence-electron chi connectivity index (χ2n) is 4.61. The van der Waals surface area contributed by atoms with Gasteiger partial charge in [-0.2, -0.15) is 5.26 Å². The van der Waals surface area contributed by atoms with Gasteiger partial charge in [-0.15, -0.1) is 0 Å². The van der Waals surface area contributed by atoms with Crippen LogP contribution in [-0.2, 0) is 4.79 Å². The summed E-state index contributed by atoms with van der Waals surface area (Å²) in [6.07, 6.45) is 1.68. The Hall–Kier alpha value is -2.29. The molecule has 0 saturated heterocycles. The van der Waals surface area contributed by atoms with Gasteiger partial charge in [0.25, 0.3) is 5.91 Å². The van der Waals surface area contributed by atoms with Gasteiger partial charge in [0.2, 0.25) is 0 Å². The van der Waals surface area contributed by atoms with E-state index in [1.54, 1.807) is 48.5 Å². The molecule has 0 atom stereocenters. The van der Waals surface area contributed by atoms with E-state index < -0.39 is 5.91 Å². The number of nitrogens with two attached hydrogens (primary N) is 1. The molecule has 2 aromatic rings. The fourth-order valence-corrected chi connectivity index (χ4v) is 2.38. The third-order valence-corrected chi connectivity index (χ3v) is 3.66. The van der Waals surface area contributed by atoms with Gasteiger partial charge in [-0.1, -0.05) is 39.7 Å². The molecule has 2 N–H and O–H groups in total. The average Bonchev–Trinajstić information content (AvgIpc) is 2.52. The van der Waals surface area contributed by atoms with Crippen molar-refractivity contribution >= 4 is 45.1 Å². The number of carbonyl (C=O) groups is 1. The highest BCUT2D eigenvalue weighted by Crippen LogP contribution is 2.28. The van der Waals surface area contributed by atoms with Crippen LogP contribution in [0.3, 0.4) is 0 Å². The smallest absolute Gasteiger partial charge is 0.255 e. The Morgan fingerprint density at radius 1 is 1.30 bits per heavy atom. The van der Waals surface area contributed by atoms with Gasteiger partial charge < -0.3 is 10.5 Å². The second kappa shape index (κ2) is 7.82. The number of primary amides is 1. The molecule has 116 valence electrons. The molecule has 0 aromatic heterocycles. The lowest BCUT2D eigenvalue weighted by molar-refractivity contribution is -0.119. The van der Waals surface area contributed by atoms with Crippen LogP contribution in [0.5, 0.6) is 5.75 Å². The molecule has 0 fully saturated rings. The molecule has 6 heteroatoms. The van der Waals surface area contributed by atoms with Crippen LogP contribution in [0.1, 0.15) is 11.1 Å². The molecule has 0 aliphatic rings. The molecule has 0 aliphatic carbocycles. The van der Waals surface area contributed by atoms with E-state index in [9.17, 15) is 10.1 Å². The summed E-state index contributed by atoms with van der Waals surface area (Å²) >= 11 is 9.24. The predicted octanol–water partition coefficient (Wildman–Crippen LogP) is 4.03. The fraction of sp³-hybridized carbons (Fsp3) is 0.0588. The minimum Gasteiger partial charge on any atom is -0.483 e. The minimum atomic E-state index is -0.568. The number of carbonyl (C=O) groups excluding carboxylic acids is 1. The van der Waals surface area contributed by atoms with Crippen molar-refractivity contribution in [1.29, 1.82) is 5.26 Å². The lowest BCUT2D eigenvalue weighted by Gasteiger charge is -2.09. The number of nitrogens with zero attached hydrogens (tertiary/aromatic N) is 1. The Balaban J connectivity index is 2.42. The van der Waals surface area contributed by atoms with Gasteiger partial charge >= 0.3 is 0 Å². The van der Waals surface area contributed by atoms with Crippen molar-refractivity contribution in [2.24, 2.45) is 5.73 Å². The first-order valence-corrected chi connectivity index (χ1v) is 7.75. The molecule has 23 heavy (non-hydrogen) atoms. The van der Waals surface area contributed by atoms with Crippen LogP contribution in [0.4, 0.5) is 0 Å². The monoisotopic (exact) mass is 390 g/mol. The fourth-order valence-electron chi connectivity index (χ4n) is 1.88. The van der Waals surface area contributed by atoms with Crippen molar-refractivity contribution in [1.82, 2.24) is 0 Å². The Labute approximate surface area is 147 Å². The van der Waals surface area contributed by atoms with E-state index >= 15 is 0 Å². The number of hydrogen-bond donors (Lipinski definition) is 1. The van der Waals surface area contributed by atoms with E-state index in [1.165, 1.54) is 0 Å². The molecule has 0 spiro atoms. The normalized spacial score (nSPS) is 10.9. The Morgan fingerprint density at radius 3 is 2.61 bits per heavy atom. The average molecular weight is 392 g/mol. The first-order valence-electron chi connectivity index (χ1n) is 6.58. The molecule has 2 aromatic carbocycles. The molecule has 0 radical (unpaired) electrons. The number of allylic oxidation sites excluding steroid dienone is 1. The molecular formula is C17H12BrClN2O2. The van der Waals surface area contributed by atoms with Crippen molar-refractivity contribution in [3.8, 4) is 11.8 Å². The number of nitriles is 1. The molecule has 2 rings (SSSR count). The van der Waals surface area contributed by atoms with Crippen LogP contribution in [0, 0.1) is 11.3 Å². The number of rotatable bonds is 5. The van der Waals surface area contributed by atoms with Crippen LogP contribution >= 0.6 is 27.5 Å². The SMILES string of the molecule is N#C/C(=C\c1cc(Br)ccc1OCC(N)=O)c1ccc(Cl)cc1. The predicted molar refractivity (Wildman–Crippen MR) is 93.8 cm³/mol. The molecule has 0 unspecified atom stereocenters. The standard InChI is InChI=1S/C17H12BrClN2O2/c18-14-3-6-16(23-10-17(21)22)12(8-14)7-13(9-20)11-1-4-15(19)5-2-11/h1-8H,10H2,(H2,21,22)/b13-7+. The maximum Gasteiger partial charge on any atom is 0.255 e. The highest BCUT2D eigenvalue weighted by atomic mass is 79.9. The van der Waals surface area contributed by atoms with Gasteiger partial charge in [0.1, 0.15) is 5.75 Å². The summed E-state index contributed by atoms with van der Waals surface area (Å²) in [6.45, 7) is -0.231. The second-order valence-corrected chi connectivity index (χ2v) is 5.97. The number of benzene rings is 2. The molecule has 0 saturated carbocycles. The van der Waals surface area contributed by atoms with Gasteiger partial charge in [0, 0.05) is 15.1 Å². The van der Waals surface area contributed by atoms with E-state index in [4.69, 9.17) is 22.1 Å². The van der Waals surface area contributed by atoms with Crippen LogP contribution in [0.15, 0.2) is 46.9 Å². The summed E-state index contributed by atoms with van der Waals surface area (Å²) in [5, 5.41) is 10.0. The zero-order valence-electron chi connectivity index (χ0n) is 11.9. The molecule has 0 aliphatic heterocycles. The van der Waals surface area contributed by atoms with E-state index in [0.717, 1.165) is 10.0 Å². The van der Waals surface area contributed by atoms with E-state index in [1.807, 2.05) is 0 Å². The number of halogens is 2. The highest BCUT2D eigenvalue weighted by molar-refractivity contribution is 9.10. The summed E-state index contributed by atoms with van der Waals surface area (Å²) in [5.41, 5.74) is 6.94. The van der Waals surface area contributed by atoms with Crippen molar-refractivity contribution < 1.29 is 9.53 Å². The zero-order valence-corrected chi connectivity index (χ0v) is 14.3. The van der Waals surface area contributed by atoms with E-state index in [0.29, 0.717) is 21.9 Å². The Morgan fingerprint density at radius 2 is 2.00 bits per heavy atom. The number of amides is 1. The van der Waals surface area contributed by atoms with Crippen LogP contribution in [0.2, 0.25) is 5.02 Å². The highest BCUT2D eigenvalue weighted by Gasteiger charge is 2.07. The van der Waals surface area contributed by atoms with Gasteiger partial charge in [-0.05, 0) is 42.0 Å². The van der Waals surface area contributed by atoms with E-state index in [-0.39, 0.29) is 6.61 Å². The minimum absolute atomic E-state index is 0.231. The van der Waals surface area contributed by atoms with Crippen LogP contribution in [-0.4, -0.2) is 12.5 Å². The maximum atomic E-state index is 10.9. The van der Waals surface area contributed by atoms with Crippen molar-refractivity contribution in [2.75, 3.05) is 6.61 Å². The third-order valence-electron chi connectivity index (χ3n) is 2.92. The topological polar surface area (TPSA) is 76.1 Å². The number of ether oxygens (including phenoxy) is 1. The lowest BCUT2D eigenvalue weighted by atomic mass is 10.0. The summed E-state index contributed by atoms with van der Waals surface area (Å²) in [4.78, 5) is 10.9. The van der Waals surface area contributed by atoms with E-state index in [2.05, 4.69) is 22.0 Å². The summed E-state index contributed by atoms with van der Waals surface area (Å²) in [7, 11) is 0. The first-order chi connectivity index (χ1) is 11.0. The zero-order chi connectivity index (χ0) is 16.8. The molecule has 0 bridgehead atoms. The van der Waals surface area contributed by atoms with Gasteiger partial charge in [0.15, 0.2) is 6.61 Å². The summed E-state index contributed by atoms with van der Waals surface area (Å²) < 4.78 is 6.21. The molecular weight excluding hydrogens is 380 g/mol. The third kappa shape index (κ3) is 4.85. The van der Waals surface area contributed by atoms with Gasteiger partial charge in [-0.25, -0.2) is 0 Å².